The number of aldehydes is 1. The Kier molecular flexibility index (Phi) is 8.87. The molecule has 0 heterocycles. The van der Waals surface area contributed by atoms with Crippen LogP contribution in [-0.2, 0) is 4.79 Å². The zero-order valence-corrected chi connectivity index (χ0v) is 18.0. The van der Waals surface area contributed by atoms with Crippen molar-refractivity contribution in [3.63, 3.8) is 0 Å². The molecule has 2 aromatic rings. The zero-order chi connectivity index (χ0) is 21.2. The molecular formula is C23H27ClO5. The van der Waals surface area contributed by atoms with Crippen LogP contribution >= 0.6 is 11.6 Å². The third-order valence-electron chi connectivity index (χ3n) is 4.17. The summed E-state index contributed by atoms with van der Waals surface area (Å²) in [6.07, 6.45) is 2.49. The topological polar surface area (TPSA) is 54.0 Å². The number of halogens is 1. The van der Waals surface area contributed by atoms with E-state index in [4.69, 9.17) is 30.5 Å². The number of hydrogen-bond donors (Lipinski definition) is 0. The van der Waals surface area contributed by atoms with E-state index >= 15 is 0 Å². The quantitative estimate of drug-likeness (QED) is 0.270. The Morgan fingerprint density at radius 1 is 0.828 bits per heavy atom. The second-order valence-corrected chi connectivity index (χ2v) is 6.65. The SMILES string of the molecule is CCCOc1ccc(/C(Cl)=C(/C=O)c2ccc(OC)c(OC)c2)cc1OCCC. The lowest BCUT2D eigenvalue weighted by molar-refractivity contribution is -0.103. The summed E-state index contributed by atoms with van der Waals surface area (Å²) in [6.45, 7) is 5.23. The summed E-state index contributed by atoms with van der Waals surface area (Å²) < 4.78 is 22.2. The molecular weight excluding hydrogens is 392 g/mol. The smallest absolute Gasteiger partial charge is 0.161 e. The number of rotatable bonds is 11. The van der Waals surface area contributed by atoms with Crippen molar-refractivity contribution >= 4 is 28.5 Å². The average Bonchev–Trinajstić information content (AvgIpc) is 2.76. The van der Waals surface area contributed by atoms with Gasteiger partial charge in [-0.15, -0.1) is 0 Å². The van der Waals surface area contributed by atoms with E-state index in [2.05, 4.69) is 0 Å². The highest BCUT2D eigenvalue weighted by Gasteiger charge is 2.15. The van der Waals surface area contributed by atoms with Gasteiger partial charge in [-0.25, -0.2) is 0 Å². The summed E-state index contributed by atoms with van der Waals surface area (Å²) in [5.41, 5.74) is 1.64. The number of allylic oxidation sites excluding steroid dienone is 1. The molecule has 0 spiro atoms. The van der Waals surface area contributed by atoms with Crippen molar-refractivity contribution < 1.29 is 23.7 Å². The fourth-order valence-corrected chi connectivity index (χ4v) is 2.98. The van der Waals surface area contributed by atoms with E-state index in [9.17, 15) is 4.79 Å². The summed E-state index contributed by atoms with van der Waals surface area (Å²) in [7, 11) is 3.10. The molecule has 0 aromatic heterocycles. The molecule has 0 N–H and O–H groups in total. The number of hydrogen-bond acceptors (Lipinski definition) is 5. The molecule has 0 aliphatic rings. The van der Waals surface area contributed by atoms with Crippen molar-refractivity contribution in [2.24, 2.45) is 0 Å². The molecule has 0 amide bonds. The Morgan fingerprint density at radius 3 is 1.97 bits per heavy atom. The first-order valence-corrected chi connectivity index (χ1v) is 9.94. The molecule has 29 heavy (non-hydrogen) atoms. The van der Waals surface area contributed by atoms with E-state index in [1.807, 2.05) is 26.0 Å². The van der Waals surface area contributed by atoms with Gasteiger partial charge in [0.15, 0.2) is 29.3 Å². The monoisotopic (exact) mass is 418 g/mol. The Bertz CT molecular complexity index is 860. The second-order valence-electron chi connectivity index (χ2n) is 6.27. The van der Waals surface area contributed by atoms with Gasteiger partial charge < -0.3 is 18.9 Å². The van der Waals surface area contributed by atoms with E-state index in [1.54, 1.807) is 38.5 Å². The van der Waals surface area contributed by atoms with Crippen LogP contribution in [0.3, 0.4) is 0 Å². The average molecular weight is 419 g/mol. The first-order valence-electron chi connectivity index (χ1n) is 9.56. The molecule has 0 aliphatic heterocycles. The van der Waals surface area contributed by atoms with Crippen molar-refractivity contribution in [2.45, 2.75) is 26.7 Å². The lowest BCUT2D eigenvalue weighted by atomic mass is 10.0. The fraction of sp³-hybridized carbons (Fsp3) is 0.348. The minimum absolute atomic E-state index is 0.315. The summed E-state index contributed by atoms with van der Waals surface area (Å²) in [6, 6.07) is 10.6. The van der Waals surface area contributed by atoms with Gasteiger partial charge in [-0.05, 0) is 54.3 Å². The number of benzene rings is 2. The van der Waals surface area contributed by atoms with Crippen LogP contribution in [0.25, 0.3) is 10.6 Å². The molecule has 0 saturated carbocycles. The lowest BCUT2D eigenvalue weighted by Crippen LogP contribution is -2.02. The largest absolute Gasteiger partial charge is 0.493 e. The maximum absolute atomic E-state index is 11.9. The van der Waals surface area contributed by atoms with Gasteiger partial charge in [0.1, 0.15) is 0 Å². The van der Waals surface area contributed by atoms with Crippen LogP contribution in [0.1, 0.15) is 37.8 Å². The molecule has 0 aliphatic carbocycles. The summed E-state index contributed by atoms with van der Waals surface area (Å²) in [5.74, 6) is 2.36. The van der Waals surface area contributed by atoms with Crippen LogP contribution in [-0.4, -0.2) is 33.7 Å². The molecule has 0 unspecified atom stereocenters. The van der Waals surface area contributed by atoms with Crippen LogP contribution < -0.4 is 18.9 Å². The Hall–Kier alpha value is -2.66. The van der Waals surface area contributed by atoms with Gasteiger partial charge >= 0.3 is 0 Å². The van der Waals surface area contributed by atoms with Gasteiger partial charge in [-0.2, -0.15) is 0 Å². The van der Waals surface area contributed by atoms with Crippen molar-refractivity contribution in [1.29, 1.82) is 0 Å². The third kappa shape index (κ3) is 5.67. The third-order valence-corrected chi connectivity index (χ3v) is 4.59. The van der Waals surface area contributed by atoms with E-state index in [0.29, 0.717) is 57.9 Å². The standard InChI is InChI=1S/C23H27ClO5/c1-5-11-28-20-10-8-17(14-22(20)29-12-6-2)23(24)18(15-25)16-7-9-19(26-3)21(13-16)27-4/h7-10,13-15H,5-6,11-12H2,1-4H3/b23-18+. The molecule has 0 saturated heterocycles. The zero-order valence-electron chi connectivity index (χ0n) is 17.3. The number of carbonyl (C=O) groups excluding carboxylic acids is 1. The molecule has 156 valence electrons. The fourth-order valence-electron chi connectivity index (χ4n) is 2.71. The van der Waals surface area contributed by atoms with E-state index in [1.165, 1.54) is 0 Å². The molecule has 2 rings (SSSR count). The van der Waals surface area contributed by atoms with Gasteiger partial charge in [-0.3, -0.25) is 4.79 Å². The highest BCUT2D eigenvalue weighted by atomic mass is 35.5. The van der Waals surface area contributed by atoms with Crippen molar-refractivity contribution in [3.8, 4) is 23.0 Å². The maximum Gasteiger partial charge on any atom is 0.161 e. The highest BCUT2D eigenvalue weighted by Crippen LogP contribution is 2.37. The minimum Gasteiger partial charge on any atom is -0.493 e. The summed E-state index contributed by atoms with van der Waals surface area (Å²) >= 11 is 6.62. The van der Waals surface area contributed by atoms with Crippen LogP contribution in [0.5, 0.6) is 23.0 Å². The van der Waals surface area contributed by atoms with Crippen LogP contribution in [0.15, 0.2) is 36.4 Å². The minimum atomic E-state index is 0.315. The van der Waals surface area contributed by atoms with Crippen LogP contribution in [0, 0.1) is 0 Å². The highest BCUT2D eigenvalue weighted by molar-refractivity contribution is 6.55. The van der Waals surface area contributed by atoms with Gasteiger partial charge in [0.2, 0.25) is 0 Å². The number of ether oxygens (including phenoxy) is 4. The second kappa shape index (κ2) is 11.4. The maximum atomic E-state index is 11.9. The summed E-state index contributed by atoms with van der Waals surface area (Å²) in [4.78, 5) is 11.9. The van der Waals surface area contributed by atoms with Gasteiger partial charge in [0.05, 0.1) is 32.5 Å². The molecule has 2 aromatic carbocycles. The Labute approximate surface area is 177 Å². The molecule has 0 atom stereocenters. The number of methoxy groups -OCH3 is 2. The van der Waals surface area contributed by atoms with Crippen molar-refractivity contribution in [2.75, 3.05) is 27.4 Å². The van der Waals surface area contributed by atoms with Crippen molar-refractivity contribution in [3.05, 3.63) is 47.5 Å². The van der Waals surface area contributed by atoms with Gasteiger partial charge in [0, 0.05) is 5.57 Å². The van der Waals surface area contributed by atoms with E-state index in [0.717, 1.165) is 19.1 Å². The lowest BCUT2D eigenvalue weighted by Gasteiger charge is -2.14. The van der Waals surface area contributed by atoms with Crippen LogP contribution in [0.4, 0.5) is 0 Å². The first kappa shape index (κ1) is 22.6. The predicted octanol–water partition coefficient (Wildman–Crippen LogP) is 5.59. The normalized spacial score (nSPS) is 11.5. The number of carbonyl (C=O) groups is 1. The molecule has 0 bridgehead atoms. The first-order chi connectivity index (χ1) is 14.1. The molecule has 0 fully saturated rings. The van der Waals surface area contributed by atoms with E-state index in [-0.39, 0.29) is 0 Å². The Morgan fingerprint density at radius 2 is 1.38 bits per heavy atom. The predicted molar refractivity (Wildman–Crippen MR) is 116 cm³/mol. The Balaban J connectivity index is 2.49. The molecule has 5 nitrogen and oxygen atoms in total. The van der Waals surface area contributed by atoms with Gasteiger partial charge in [-0.1, -0.05) is 31.5 Å². The van der Waals surface area contributed by atoms with Gasteiger partial charge in [0.25, 0.3) is 0 Å². The van der Waals surface area contributed by atoms with E-state index < -0.39 is 0 Å². The molecule has 6 heteroatoms. The molecule has 0 radical (unpaired) electrons. The van der Waals surface area contributed by atoms with Crippen LogP contribution in [0.2, 0.25) is 0 Å². The summed E-state index contributed by atoms with van der Waals surface area (Å²) in [5, 5.41) is 0.315. The van der Waals surface area contributed by atoms with Crippen molar-refractivity contribution in [1.82, 2.24) is 0 Å².